The molecule has 0 atom stereocenters. The Balaban J connectivity index is 2.12. The van der Waals surface area contributed by atoms with E-state index in [1.807, 2.05) is 31.2 Å². The monoisotopic (exact) mass is 376 g/mol. The van der Waals surface area contributed by atoms with E-state index < -0.39 is 0 Å². The van der Waals surface area contributed by atoms with Gasteiger partial charge >= 0.3 is 0 Å². The minimum absolute atomic E-state index is 0.0790. The standard InChI is InChI=1S/C18H21BrN2O2/c1-4-21-18(16(19)11-20-21)17(22)9-8-14-6-5-7-15(10-14)23-12-13(2)3/h5-11,13H,4,12H2,1-3H3/b9-8+. The molecule has 2 aromatic rings. The summed E-state index contributed by atoms with van der Waals surface area (Å²) in [4.78, 5) is 12.4. The van der Waals surface area contributed by atoms with Crippen LogP contribution in [0.2, 0.25) is 0 Å². The van der Waals surface area contributed by atoms with Gasteiger partial charge in [0.2, 0.25) is 5.78 Å². The highest BCUT2D eigenvalue weighted by molar-refractivity contribution is 9.10. The third-order valence-electron chi connectivity index (χ3n) is 3.20. The van der Waals surface area contributed by atoms with Gasteiger partial charge in [0.1, 0.15) is 11.4 Å². The SMILES string of the molecule is CCn1ncc(Br)c1C(=O)/C=C/c1cccc(OCC(C)C)c1. The van der Waals surface area contributed by atoms with E-state index in [-0.39, 0.29) is 5.78 Å². The number of carbonyl (C=O) groups excluding carboxylic acids is 1. The van der Waals surface area contributed by atoms with Crippen molar-refractivity contribution in [1.82, 2.24) is 9.78 Å². The van der Waals surface area contributed by atoms with E-state index in [9.17, 15) is 4.79 Å². The van der Waals surface area contributed by atoms with Gasteiger partial charge in [-0.25, -0.2) is 0 Å². The lowest BCUT2D eigenvalue weighted by Crippen LogP contribution is -2.07. The summed E-state index contributed by atoms with van der Waals surface area (Å²) in [5.74, 6) is 1.21. The van der Waals surface area contributed by atoms with E-state index >= 15 is 0 Å². The zero-order valence-electron chi connectivity index (χ0n) is 13.6. The van der Waals surface area contributed by atoms with Crippen LogP contribution in [-0.4, -0.2) is 22.2 Å². The number of nitrogens with zero attached hydrogens (tertiary/aromatic N) is 2. The summed E-state index contributed by atoms with van der Waals surface area (Å²) < 4.78 is 8.09. The van der Waals surface area contributed by atoms with Crippen LogP contribution in [0.25, 0.3) is 6.08 Å². The molecule has 0 fully saturated rings. The van der Waals surface area contributed by atoms with Gasteiger partial charge in [-0.15, -0.1) is 0 Å². The minimum Gasteiger partial charge on any atom is -0.493 e. The Labute approximate surface area is 145 Å². The summed E-state index contributed by atoms with van der Waals surface area (Å²) >= 11 is 3.37. The molecule has 1 heterocycles. The number of halogens is 1. The van der Waals surface area contributed by atoms with Crippen LogP contribution in [0, 0.1) is 5.92 Å². The lowest BCUT2D eigenvalue weighted by molar-refractivity contribution is 0.103. The normalized spacial score (nSPS) is 11.3. The Hall–Kier alpha value is -1.88. The molecule has 122 valence electrons. The molecular formula is C18H21BrN2O2. The molecular weight excluding hydrogens is 356 g/mol. The highest BCUT2D eigenvalue weighted by atomic mass is 79.9. The fourth-order valence-corrected chi connectivity index (χ4v) is 2.56. The highest BCUT2D eigenvalue weighted by Gasteiger charge is 2.13. The molecule has 0 saturated carbocycles. The summed E-state index contributed by atoms with van der Waals surface area (Å²) in [7, 11) is 0. The number of aromatic nitrogens is 2. The maximum Gasteiger partial charge on any atom is 0.205 e. The van der Waals surface area contributed by atoms with Gasteiger partial charge in [-0.3, -0.25) is 9.48 Å². The second-order valence-electron chi connectivity index (χ2n) is 5.63. The van der Waals surface area contributed by atoms with Crippen LogP contribution in [0.15, 0.2) is 41.0 Å². The molecule has 0 radical (unpaired) electrons. The first-order valence-corrected chi connectivity index (χ1v) is 8.47. The number of allylic oxidation sites excluding steroid dienone is 1. The first-order valence-electron chi connectivity index (χ1n) is 7.67. The van der Waals surface area contributed by atoms with E-state index in [0.717, 1.165) is 11.3 Å². The first-order chi connectivity index (χ1) is 11.0. The largest absolute Gasteiger partial charge is 0.493 e. The third kappa shape index (κ3) is 4.79. The van der Waals surface area contributed by atoms with Crippen molar-refractivity contribution in [3.63, 3.8) is 0 Å². The van der Waals surface area contributed by atoms with Gasteiger partial charge in [-0.1, -0.05) is 32.1 Å². The summed E-state index contributed by atoms with van der Waals surface area (Å²) in [5.41, 5.74) is 1.49. The highest BCUT2D eigenvalue weighted by Crippen LogP contribution is 2.19. The van der Waals surface area contributed by atoms with Crippen LogP contribution in [0.5, 0.6) is 5.75 Å². The predicted octanol–water partition coefficient (Wildman–Crippen LogP) is 4.60. The smallest absolute Gasteiger partial charge is 0.205 e. The van der Waals surface area contributed by atoms with Crippen LogP contribution in [0.4, 0.5) is 0 Å². The van der Waals surface area contributed by atoms with Gasteiger partial charge in [0.15, 0.2) is 0 Å². The average Bonchev–Trinajstić information content (AvgIpc) is 2.92. The molecule has 1 aromatic carbocycles. The molecule has 0 spiro atoms. The number of hydrogen-bond acceptors (Lipinski definition) is 3. The number of carbonyl (C=O) groups is 1. The molecule has 5 heteroatoms. The van der Waals surface area contributed by atoms with Crippen molar-refractivity contribution >= 4 is 27.8 Å². The molecule has 0 aliphatic heterocycles. The Bertz CT molecular complexity index is 705. The Kier molecular flexibility index (Phi) is 6.16. The van der Waals surface area contributed by atoms with Crippen LogP contribution in [0.3, 0.4) is 0 Å². The molecule has 4 nitrogen and oxygen atoms in total. The summed E-state index contributed by atoms with van der Waals surface area (Å²) in [6.45, 7) is 7.50. The summed E-state index contributed by atoms with van der Waals surface area (Å²) in [5, 5.41) is 4.16. The predicted molar refractivity (Wildman–Crippen MR) is 95.7 cm³/mol. The van der Waals surface area contributed by atoms with Gasteiger partial charge in [-0.05, 0) is 52.5 Å². The van der Waals surface area contributed by atoms with Crippen LogP contribution in [0.1, 0.15) is 36.8 Å². The number of aryl methyl sites for hydroxylation is 1. The Morgan fingerprint density at radius 2 is 2.22 bits per heavy atom. The van der Waals surface area contributed by atoms with Gasteiger partial charge in [0.05, 0.1) is 17.3 Å². The average molecular weight is 377 g/mol. The second-order valence-corrected chi connectivity index (χ2v) is 6.49. The molecule has 0 N–H and O–H groups in total. The zero-order valence-corrected chi connectivity index (χ0v) is 15.2. The molecule has 0 unspecified atom stereocenters. The third-order valence-corrected chi connectivity index (χ3v) is 3.78. The van der Waals surface area contributed by atoms with Crippen molar-refractivity contribution in [3.05, 3.63) is 52.3 Å². The van der Waals surface area contributed by atoms with E-state index in [1.165, 1.54) is 0 Å². The van der Waals surface area contributed by atoms with E-state index in [1.54, 1.807) is 23.0 Å². The maximum atomic E-state index is 12.4. The van der Waals surface area contributed by atoms with Crippen LogP contribution >= 0.6 is 15.9 Å². The number of hydrogen-bond donors (Lipinski definition) is 0. The fourth-order valence-electron chi connectivity index (χ4n) is 2.07. The van der Waals surface area contributed by atoms with Crippen LogP contribution < -0.4 is 4.74 Å². The maximum absolute atomic E-state index is 12.4. The molecule has 0 bridgehead atoms. The molecule has 23 heavy (non-hydrogen) atoms. The zero-order chi connectivity index (χ0) is 16.8. The number of ether oxygens (including phenoxy) is 1. The molecule has 2 rings (SSSR count). The Morgan fingerprint density at radius 1 is 1.43 bits per heavy atom. The summed E-state index contributed by atoms with van der Waals surface area (Å²) in [6.07, 6.45) is 5.00. The number of rotatable bonds is 7. The van der Waals surface area contributed by atoms with Crippen molar-refractivity contribution in [3.8, 4) is 5.75 Å². The summed E-state index contributed by atoms with van der Waals surface area (Å²) in [6, 6.07) is 7.72. The fraction of sp³-hybridized carbons (Fsp3) is 0.333. The van der Waals surface area contributed by atoms with Crippen molar-refractivity contribution in [2.75, 3.05) is 6.61 Å². The van der Waals surface area contributed by atoms with E-state index in [0.29, 0.717) is 29.2 Å². The van der Waals surface area contributed by atoms with Crippen molar-refractivity contribution in [2.24, 2.45) is 5.92 Å². The molecule has 0 aliphatic carbocycles. The van der Waals surface area contributed by atoms with Crippen LogP contribution in [-0.2, 0) is 6.54 Å². The Morgan fingerprint density at radius 3 is 2.91 bits per heavy atom. The van der Waals surface area contributed by atoms with Gasteiger partial charge in [0.25, 0.3) is 0 Å². The van der Waals surface area contributed by atoms with Gasteiger partial charge in [0, 0.05) is 6.54 Å². The first kappa shape index (κ1) is 17.5. The molecule has 1 aromatic heterocycles. The van der Waals surface area contributed by atoms with Crippen molar-refractivity contribution in [2.45, 2.75) is 27.3 Å². The lowest BCUT2D eigenvalue weighted by atomic mass is 10.1. The number of ketones is 1. The second kappa shape index (κ2) is 8.11. The van der Waals surface area contributed by atoms with Crippen molar-refractivity contribution < 1.29 is 9.53 Å². The van der Waals surface area contributed by atoms with E-state index in [4.69, 9.17) is 4.74 Å². The van der Waals surface area contributed by atoms with Crippen molar-refractivity contribution in [1.29, 1.82) is 0 Å². The molecule has 0 saturated heterocycles. The quantitative estimate of drug-likeness (QED) is 0.523. The molecule has 0 aliphatic rings. The van der Waals surface area contributed by atoms with Gasteiger partial charge in [-0.2, -0.15) is 5.10 Å². The lowest BCUT2D eigenvalue weighted by Gasteiger charge is -2.08. The minimum atomic E-state index is -0.0790. The van der Waals surface area contributed by atoms with E-state index in [2.05, 4.69) is 34.9 Å². The molecule has 0 amide bonds. The topological polar surface area (TPSA) is 44.1 Å². The number of benzene rings is 1. The van der Waals surface area contributed by atoms with Gasteiger partial charge < -0.3 is 4.74 Å².